The maximum Gasteiger partial charge on any atom is 0.410 e. The van der Waals surface area contributed by atoms with Crippen LogP contribution in [0.25, 0.3) is 0 Å². The summed E-state index contributed by atoms with van der Waals surface area (Å²) in [5.41, 5.74) is 1.81. The highest BCUT2D eigenvalue weighted by atomic mass is 32.1. The van der Waals surface area contributed by atoms with E-state index in [9.17, 15) is 14.9 Å². The number of fused-ring (bicyclic) bond motifs is 1. The number of anilines is 1. The number of ether oxygens (including phenoxy) is 2. The van der Waals surface area contributed by atoms with Crippen molar-refractivity contribution in [2.24, 2.45) is 0 Å². The van der Waals surface area contributed by atoms with E-state index < -0.39 is 0 Å². The smallest absolute Gasteiger partial charge is 0.410 e. The van der Waals surface area contributed by atoms with E-state index in [4.69, 9.17) is 9.47 Å². The Hall–Kier alpha value is -3.83. The first-order valence-electron chi connectivity index (χ1n) is 10.2. The molecule has 0 saturated carbocycles. The van der Waals surface area contributed by atoms with Crippen molar-refractivity contribution in [1.29, 1.82) is 5.26 Å². The number of nitrogens with zero attached hydrogens (tertiary/aromatic N) is 2. The zero-order valence-electron chi connectivity index (χ0n) is 17.5. The van der Waals surface area contributed by atoms with Gasteiger partial charge in [-0.3, -0.25) is 4.79 Å². The summed E-state index contributed by atoms with van der Waals surface area (Å²) in [6, 6.07) is 18.4. The highest BCUT2D eigenvalue weighted by Gasteiger charge is 2.28. The van der Waals surface area contributed by atoms with E-state index in [0.717, 1.165) is 10.4 Å². The zero-order chi connectivity index (χ0) is 22.5. The summed E-state index contributed by atoms with van der Waals surface area (Å²) in [7, 11) is 0. The van der Waals surface area contributed by atoms with Crippen molar-refractivity contribution in [2.45, 2.75) is 19.9 Å². The molecule has 0 fully saturated rings. The third kappa shape index (κ3) is 4.58. The van der Waals surface area contributed by atoms with Crippen LogP contribution in [0.4, 0.5) is 9.80 Å². The molecule has 0 spiro atoms. The van der Waals surface area contributed by atoms with Gasteiger partial charge < -0.3 is 19.7 Å². The Morgan fingerprint density at radius 3 is 2.53 bits per heavy atom. The summed E-state index contributed by atoms with van der Waals surface area (Å²) in [5, 5.41) is 13.0. The summed E-state index contributed by atoms with van der Waals surface area (Å²) < 4.78 is 10.8. The largest absolute Gasteiger partial charge is 0.457 e. The Kier molecular flexibility index (Phi) is 6.38. The van der Waals surface area contributed by atoms with Gasteiger partial charge in [0.05, 0.1) is 18.7 Å². The molecule has 2 amide bonds. The number of rotatable bonds is 5. The lowest BCUT2D eigenvalue weighted by Crippen LogP contribution is -2.35. The normalized spacial score (nSPS) is 12.4. The lowest BCUT2D eigenvalue weighted by atomic mass is 10.0. The Balaban J connectivity index is 1.47. The van der Waals surface area contributed by atoms with Gasteiger partial charge in [-0.15, -0.1) is 11.3 Å². The second kappa shape index (κ2) is 9.54. The standard InChI is InChI=1S/C24H21N3O4S/c1-2-30-24(29)27-13-12-19-20(14-25)23(32-21(19)15-27)26-22(28)16-8-10-18(11-9-16)31-17-6-4-3-5-7-17/h3-11H,2,12-13,15H2,1H3,(H,26,28). The van der Waals surface area contributed by atoms with Gasteiger partial charge in [0.25, 0.3) is 5.91 Å². The van der Waals surface area contributed by atoms with Crippen molar-refractivity contribution in [2.75, 3.05) is 18.5 Å². The monoisotopic (exact) mass is 447 g/mol. The SMILES string of the molecule is CCOC(=O)N1CCc2c(sc(NC(=O)c3ccc(Oc4ccccc4)cc3)c2C#N)C1. The molecule has 1 aliphatic rings. The average molecular weight is 448 g/mol. The number of nitriles is 1. The van der Waals surface area contributed by atoms with Gasteiger partial charge in [-0.25, -0.2) is 4.79 Å². The molecule has 1 aromatic heterocycles. The molecule has 7 nitrogen and oxygen atoms in total. The number of para-hydroxylation sites is 1. The highest BCUT2D eigenvalue weighted by Crippen LogP contribution is 2.37. The summed E-state index contributed by atoms with van der Waals surface area (Å²) in [4.78, 5) is 27.3. The fraction of sp³-hybridized carbons (Fsp3) is 0.208. The summed E-state index contributed by atoms with van der Waals surface area (Å²) in [5.74, 6) is 1.02. The van der Waals surface area contributed by atoms with Crippen molar-refractivity contribution >= 4 is 28.3 Å². The van der Waals surface area contributed by atoms with Crippen LogP contribution in [0.15, 0.2) is 54.6 Å². The Morgan fingerprint density at radius 1 is 1.12 bits per heavy atom. The Morgan fingerprint density at radius 2 is 1.84 bits per heavy atom. The number of hydrogen-bond donors (Lipinski definition) is 1. The van der Waals surface area contributed by atoms with E-state index >= 15 is 0 Å². The van der Waals surface area contributed by atoms with E-state index in [1.807, 2.05) is 30.3 Å². The number of thiophene rings is 1. The van der Waals surface area contributed by atoms with Gasteiger partial charge >= 0.3 is 6.09 Å². The predicted molar refractivity (Wildman–Crippen MR) is 121 cm³/mol. The molecule has 0 radical (unpaired) electrons. The average Bonchev–Trinajstić information content (AvgIpc) is 3.16. The number of carbonyl (C=O) groups is 2. The molecule has 1 N–H and O–H groups in total. The minimum Gasteiger partial charge on any atom is -0.457 e. The zero-order valence-corrected chi connectivity index (χ0v) is 18.3. The molecular weight excluding hydrogens is 426 g/mol. The first-order valence-corrected chi connectivity index (χ1v) is 11.0. The maximum absolute atomic E-state index is 12.8. The van der Waals surface area contributed by atoms with Gasteiger partial charge in [-0.05, 0) is 55.3 Å². The van der Waals surface area contributed by atoms with Crippen LogP contribution in [-0.2, 0) is 17.7 Å². The molecule has 4 rings (SSSR count). The van der Waals surface area contributed by atoms with Crippen molar-refractivity contribution < 1.29 is 19.1 Å². The molecule has 2 heterocycles. The number of nitrogens with one attached hydrogen (secondary N) is 1. The first-order chi connectivity index (χ1) is 15.6. The molecule has 0 atom stereocenters. The fourth-order valence-electron chi connectivity index (χ4n) is 3.45. The minimum atomic E-state index is -0.367. The molecule has 8 heteroatoms. The molecule has 32 heavy (non-hydrogen) atoms. The van der Waals surface area contributed by atoms with Crippen LogP contribution >= 0.6 is 11.3 Å². The molecular formula is C24H21N3O4S. The Labute approximate surface area is 189 Å². The number of amides is 2. The first kappa shape index (κ1) is 21.4. The Bertz CT molecular complexity index is 1170. The molecule has 0 saturated heterocycles. The minimum absolute atomic E-state index is 0.311. The van der Waals surface area contributed by atoms with Crippen molar-refractivity contribution in [3.8, 4) is 17.6 Å². The van der Waals surface area contributed by atoms with E-state index in [-0.39, 0.29) is 12.0 Å². The van der Waals surface area contributed by atoms with Gasteiger partial charge in [-0.2, -0.15) is 5.26 Å². The third-order valence-corrected chi connectivity index (χ3v) is 6.15. The quantitative estimate of drug-likeness (QED) is 0.582. The predicted octanol–water partition coefficient (Wildman–Crippen LogP) is 5.18. The third-order valence-electron chi connectivity index (χ3n) is 5.02. The number of hydrogen-bond acceptors (Lipinski definition) is 6. The number of benzene rings is 2. The second-order valence-electron chi connectivity index (χ2n) is 7.08. The van der Waals surface area contributed by atoms with Crippen LogP contribution in [-0.4, -0.2) is 30.1 Å². The highest BCUT2D eigenvalue weighted by molar-refractivity contribution is 7.16. The summed E-state index contributed by atoms with van der Waals surface area (Å²) in [6.07, 6.45) is 0.183. The maximum atomic E-state index is 12.8. The molecule has 1 aliphatic heterocycles. The summed E-state index contributed by atoms with van der Waals surface area (Å²) in [6.45, 7) is 2.93. The molecule has 2 aromatic carbocycles. The van der Waals surface area contributed by atoms with Gasteiger partial charge in [0, 0.05) is 17.0 Å². The van der Waals surface area contributed by atoms with E-state index in [0.29, 0.717) is 53.7 Å². The van der Waals surface area contributed by atoms with Gasteiger partial charge in [0.1, 0.15) is 22.6 Å². The number of carbonyl (C=O) groups excluding carboxylic acids is 2. The van der Waals surface area contributed by atoms with Crippen LogP contribution in [0.2, 0.25) is 0 Å². The molecule has 162 valence electrons. The topological polar surface area (TPSA) is 91.7 Å². The molecule has 0 unspecified atom stereocenters. The van der Waals surface area contributed by atoms with Crippen LogP contribution in [0, 0.1) is 11.3 Å². The lowest BCUT2D eigenvalue weighted by molar-refractivity contribution is 0.102. The second-order valence-corrected chi connectivity index (χ2v) is 8.19. The molecule has 0 aliphatic carbocycles. The van der Waals surface area contributed by atoms with Crippen LogP contribution in [0.3, 0.4) is 0 Å². The van der Waals surface area contributed by atoms with Gasteiger partial charge in [-0.1, -0.05) is 18.2 Å². The fourth-order valence-corrected chi connectivity index (χ4v) is 4.66. The van der Waals surface area contributed by atoms with Gasteiger partial charge in [0.15, 0.2) is 0 Å². The van der Waals surface area contributed by atoms with Gasteiger partial charge in [0.2, 0.25) is 0 Å². The van der Waals surface area contributed by atoms with Crippen LogP contribution in [0.1, 0.15) is 33.3 Å². The van der Waals surface area contributed by atoms with Crippen LogP contribution < -0.4 is 10.1 Å². The van der Waals surface area contributed by atoms with Crippen LogP contribution in [0.5, 0.6) is 11.5 Å². The van der Waals surface area contributed by atoms with Crippen molar-refractivity contribution in [1.82, 2.24) is 4.90 Å². The van der Waals surface area contributed by atoms with E-state index in [1.165, 1.54) is 11.3 Å². The summed E-state index contributed by atoms with van der Waals surface area (Å²) >= 11 is 1.33. The molecule has 0 bridgehead atoms. The van der Waals surface area contributed by atoms with Crippen molar-refractivity contribution in [3.05, 3.63) is 76.2 Å². The van der Waals surface area contributed by atoms with Crippen molar-refractivity contribution in [3.63, 3.8) is 0 Å². The lowest BCUT2D eigenvalue weighted by Gasteiger charge is -2.25. The molecule has 3 aromatic rings. The van der Waals surface area contributed by atoms with E-state index in [2.05, 4.69) is 11.4 Å². The van der Waals surface area contributed by atoms with E-state index in [1.54, 1.807) is 36.1 Å².